The largest absolute Gasteiger partial charge is 0.413 e. The van der Waals surface area contributed by atoms with Crippen LogP contribution in [0.3, 0.4) is 0 Å². The van der Waals surface area contributed by atoms with Gasteiger partial charge in [-0.05, 0) is 59.0 Å². The molecule has 2 aromatic rings. The maximum Gasteiger partial charge on any atom is 0.192 e. The fourth-order valence-electron chi connectivity index (χ4n) is 2.85. The van der Waals surface area contributed by atoms with Crippen LogP contribution in [0.5, 0.6) is 0 Å². The van der Waals surface area contributed by atoms with Gasteiger partial charge in [-0.25, -0.2) is 4.68 Å². The highest BCUT2D eigenvalue weighted by Crippen LogP contribution is 2.39. The second kappa shape index (κ2) is 9.57. The number of para-hydroxylation sites is 1. The van der Waals surface area contributed by atoms with Crippen LogP contribution in [0.15, 0.2) is 41.4 Å². The maximum atomic E-state index is 13.8. The van der Waals surface area contributed by atoms with Gasteiger partial charge in [-0.15, -0.1) is 0 Å². The minimum absolute atomic E-state index is 0.00679. The Morgan fingerprint density at radius 1 is 1.03 bits per heavy atom. The molecule has 34 heavy (non-hydrogen) atoms. The molecule has 1 heterocycles. The summed E-state index contributed by atoms with van der Waals surface area (Å²) in [6.45, 7) is 23.2. The lowest BCUT2D eigenvalue weighted by Crippen LogP contribution is -2.55. The number of halogens is 1. The minimum Gasteiger partial charge on any atom is -0.413 e. The first-order valence-electron chi connectivity index (χ1n) is 11.7. The van der Waals surface area contributed by atoms with Crippen LogP contribution in [0.4, 0.5) is 0 Å². The Balaban J connectivity index is 2.55. The number of aliphatic hydroxyl groups is 1. The van der Waals surface area contributed by atoms with E-state index in [2.05, 4.69) is 77.2 Å². The first-order valence-corrected chi connectivity index (χ1v) is 20.2. The number of hydrogen-bond donors (Lipinski definition) is 3. The third kappa shape index (κ3) is 6.49. The monoisotopic (exact) mass is 545 g/mol. The molecule has 0 saturated carbocycles. The van der Waals surface area contributed by atoms with Crippen LogP contribution in [-0.2, 0) is 19.4 Å². The quantitative estimate of drug-likeness (QED) is 0.211. The van der Waals surface area contributed by atoms with Gasteiger partial charge in [-0.1, -0.05) is 72.8 Å². The Kier molecular flexibility index (Phi) is 8.28. The van der Waals surface area contributed by atoms with Crippen molar-refractivity contribution >= 4 is 36.6 Å². The van der Waals surface area contributed by atoms with Crippen LogP contribution in [0, 0.1) is 0 Å². The van der Waals surface area contributed by atoms with Crippen LogP contribution in [0.1, 0.15) is 54.2 Å². The third-order valence-corrected chi connectivity index (χ3v) is 21.1. The normalized spacial score (nSPS) is 16.4. The lowest BCUT2D eigenvalue weighted by molar-refractivity contribution is -0.00292. The van der Waals surface area contributed by atoms with Gasteiger partial charge in [0, 0.05) is 9.33 Å². The lowest BCUT2D eigenvalue weighted by atomic mass is 10.0. The molecule has 1 aromatic carbocycles. The van der Waals surface area contributed by atoms with E-state index in [1.165, 1.54) is 0 Å². The number of rotatable bonds is 8. The Bertz CT molecular complexity index is 1040. The van der Waals surface area contributed by atoms with Crippen LogP contribution in [0.2, 0.25) is 36.3 Å². The predicted octanol–water partition coefficient (Wildman–Crippen LogP) is 6.14. The first kappa shape index (κ1) is 29.4. The zero-order valence-corrected chi connectivity index (χ0v) is 26.3. The smallest absolute Gasteiger partial charge is 0.192 e. The molecule has 6 nitrogen and oxygen atoms in total. The molecule has 0 amide bonds. The third-order valence-electron chi connectivity index (χ3n) is 7.36. The highest BCUT2D eigenvalue weighted by Gasteiger charge is 2.42. The highest BCUT2D eigenvalue weighted by molar-refractivity contribution is 8.22. The van der Waals surface area contributed by atoms with Gasteiger partial charge in [0.2, 0.25) is 0 Å². The van der Waals surface area contributed by atoms with E-state index in [1.807, 2.05) is 30.3 Å². The van der Waals surface area contributed by atoms with E-state index in [0.717, 1.165) is 5.69 Å². The number of nitrogens with zero attached hydrogens (tertiary/aromatic N) is 2. The zero-order valence-electron chi connectivity index (χ0n) is 22.7. The number of hydrogen-bond acceptors (Lipinski definition) is 4. The fraction of sp³-hybridized carbons (Fsp3) is 0.625. The second-order valence-corrected chi connectivity index (χ2v) is 25.9. The Hall–Kier alpha value is -0.816. The van der Waals surface area contributed by atoms with E-state index in [1.54, 1.807) is 17.7 Å². The number of nitrogens with one attached hydrogen (secondary N) is 1. The summed E-state index contributed by atoms with van der Waals surface area (Å²) in [6.07, 6.45) is 0. The summed E-state index contributed by atoms with van der Waals surface area (Å²) in [5, 5.41) is 16.4. The predicted molar refractivity (Wildman–Crippen MR) is 150 cm³/mol. The van der Waals surface area contributed by atoms with Gasteiger partial charge in [0.15, 0.2) is 13.3 Å². The van der Waals surface area contributed by atoms with Gasteiger partial charge >= 0.3 is 0 Å². The minimum atomic E-state index is -3.53. The van der Waals surface area contributed by atoms with Crippen molar-refractivity contribution < 1.29 is 13.7 Å². The summed E-state index contributed by atoms with van der Waals surface area (Å²) in [5.41, 5.74) is -0.129. The standard InChI is InChI=1S/C24H44ClN3O3SSi2/c1-22(2,3)33(8,9)27-32(25,30)21-17-20(28(26-21)19-15-13-12-14-16-19)24(7,29)18-31-34(10,11)23(4,5)6/h12-17,29,32H,18H2,1-11H3,(H,27,30). The molecule has 2 rings (SSSR count). The molecule has 2 N–H and O–H groups in total. The number of benzene rings is 1. The molecule has 194 valence electrons. The van der Waals surface area contributed by atoms with Gasteiger partial charge in [-0.2, -0.15) is 5.10 Å². The van der Waals surface area contributed by atoms with Crippen molar-refractivity contribution in [2.24, 2.45) is 0 Å². The molecule has 0 bridgehead atoms. The van der Waals surface area contributed by atoms with E-state index < -0.39 is 31.5 Å². The average Bonchev–Trinajstić information content (AvgIpc) is 3.12. The Labute approximate surface area is 213 Å². The second-order valence-electron chi connectivity index (χ2n) is 12.5. The zero-order chi connectivity index (χ0) is 26.4. The topological polar surface area (TPSA) is 76.4 Å². The first-order chi connectivity index (χ1) is 15.1. The molecule has 1 unspecified atom stereocenters. The summed E-state index contributed by atoms with van der Waals surface area (Å²) in [7, 11) is -1.14. The van der Waals surface area contributed by atoms with E-state index >= 15 is 0 Å². The molecular formula is C24H44ClN3O3SSi2. The van der Waals surface area contributed by atoms with E-state index in [9.17, 15) is 9.32 Å². The molecular weight excluding hydrogens is 502 g/mol. The molecule has 10 heteroatoms. The molecule has 0 aliphatic rings. The van der Waals surface area contributed by atoms with E-state index in [0.29, 0.717) is 5.69 Å². The summed E-state index contributed by atoms with van der Waals surface area (Å²) in [5.74, 6) is 0. The fourth-order valence-corrected chi connectivity index (χ4v) is 11.2. The van der Waals surface area contributed by atoms with Crippen LogP contribution in [0.25, 0.3) is 5.69 Å². The molecule has 1 aromatic heterocycles. The van der Waals surface area contributed by atoms with Crippen molar-refractivity contribution in [3.63, 3.8) is 0 Å². The lowest BCUT2D eigenvalue weighted by Gasteiger charge is -2.39. The van der Waals surface area contributed by atoms with E-state index in [-0.39, 0.29) is 21.7 Å². The van der Waals surface area contributed by atoms with E-state index in [4.69, 9.17) is 15.1 Å². The summed E-state index contributed by atoms with van der Waals surface area (Å²) in [4.78, 5) is 0. The van der Waals surface area contributed by atoms with Crippen molar-refractivity contribution in [3.05, 3.63) is 42.1 Å². The number of aromatic nitrogens is 2. The molecule has 0 spiro atoms. The van der Waals surface area contributed by atoms with Gasteiger partial charge in [0.1, 0.15) is 13.8 Å². The molecule has 0 aliphatic carbocycles. The van der Waals surface area contributed by atoms with Crippen molar-refractivity contribution in [3.8, 4) is 5.69 Å². The van der Waals surface area contributed by atoms with Crippen molar-refractivity contribution in [2.45, 2.75) is 95.4 Å². The average molecular weight is 546 g/mol. The van der Waals surface area contributed by atoms with Crippen molar-refractivity contribution in [1.29, 1.82) is 0 Å². The Morgan fingerprint density at radius 3 is 2.03 bits per heavy atom. The molecule has 0 fully saturated rings. The maximum absolute atomic E-state index is 13.8. The Morgan fingerprint density at radius 2 is 1.56 bits per heavy atom. The van der Waals surface area contributed by atoms with Crippen LogP contribution in [-0.4, -0.2) is 42.3 Å². The van der Waals surface area contributed by atoms with Crippen LogP contribution < -0.4 is 4.39 Å². The van der Waals surface area contributed by atoms with Gasteiger partial charge in [-0.3, -0.25) is 8.60 Å². The van der Waals surface area contributed by atoms with Gasteiger partial charge in [0.25, 0.3) is 0 Å². The van der Waals surface area contributed by atoms with Crippen molar-refractivity contribution in [2.75, 3.05) is 6.61 Å². The van der Waals surface area contributed by atoms with Gasteiger partial charge < -0.3 is 9.53 Å². The summed E-state index contributed by atoms with van der Waals surface area (Å²) in [6, 6.07) is 11.2. The SMILES string of the molecule is CC(O)(CO[Si](C)(C)C(C)(C)C)c1cc([SH](=O)(Cl)N[Si](C)(C)C(C)(C)C)nn1-c1ccccc1. The molecule has 0 radical (unpaired) electrons. The van der Waals surface area contributed by atoms with Gasteiger partial charge in [0.05, 0.1) is 18.0 Å². The molecule has 1 atom stereocenters. The number of thiol groups is 1. The highest BCUT2D eigenvalue weighted by atomic mass is 35.7. The summed E-state index contributed by atoms with van der Waals surface area (Å²) < 4.78 is 25.0. The molecule has 0 saturated heterocycles. The van der Waals surface area contributed by atoms with Crippen LogP contribution >= 0.6 is 10.7 Å². The van der Waals surface area contributed by atoms with Crippen molar-refractivity contribution in [1.82, 2.24) is 14.2 Å². The summed E-state index contributed by atoms with van der Waals surface area (Å²) >= 11 is 0. The molecule has 0 aliphatic heterocycles.